The van der Waals surface area contributed by atoms with Gasteiger partial charge in [-0.05, 0) is 195 Å². The van der Waals surface area contributed by atoms with Gasteiger partial charge in [0.25, 0.3) is 0 Å². The smallest absolute Gasteiger partial charge is 0.227 e. The molecule has 0 fully saturated rings. The van der Waals surface area contributed by atoms with Crippen LogP contribution in [-0.4, -0.2) is 19.9 Å². The molecule has 0 N–H and O–H groups in total. The monoisotopic (exact) mass is 1690 g/mol. The predicted molar refractivity (Wildman–Crippen MR) is 510 cm³/mol. The first-order valence-electron chi connectivity index (χ1n) is 59.9. The maximum absolute atomic E-state index is 8.98. The van der Waals surface area contributed by atoms with Crippen molar-refractivity contribution in [3.05, 3.63) is 333 Å². The van der Waals surface area contributed by atoms with Crippen LogP contribution in [0.2, 0.25) is 0 Å². The Hall–Kier alpha value is -13.8. The molecule has 12 heterocycles. The van der Waals surface area contributed by atoms with Crippen molar-refractivity contribution in [2.75, 3.05) is 0 Å². The van der Waals surface area contributed by atoms with Gasteiger partial charge in [-0.2, -0.15) is 0 Å². The van der Waals surface area contributed by atoms with Crippen molar-refractivity contribution in [3.63, 3.8) is 0 Å². The van der Waals surface area contributed by atoms with Crippen molar-refractivity contribution in [2.45, 2.75) is 144 Å². The number of aryl methyl sites for hydroxylation is 12. The first kappa shape index (κ1) is 47.9. The Kier molecular flexibility index (Phi) is 11.0. The fourth-order valence-corrected chi connectivity index (χ4v) is 19.3. The summed E-state index contributed by atoms with van der Waals surface area (Å²) in [4.78, 5) is 18.5. The molecule has 4 aliphatic carbocycles. The fourth-order valence-electron chi connectivity index (χ4n) is 19.3. The lowest BCUT2D eigenvalue weighted by atomic mass is 9.76. The van der Waals surface area contributed by atoms with E-state index in [2.05, 4.69) is 9.97 Å². The van der Waals surface area contributed by atoms with Crippen LogP contribution in [0.3, 0.4) is 0 Å². The average Bonchev–Trinajstić information content (AvgIpc) is 1.53. The summed E-state index contributed by atoms with van der Waals surface area (Å²) in [5.74, 6) is 0. The molecule has 24 rings (SSSR count). The van der Waals surface area contributed by atoms with Crippen LogP contribution >= 0.6 is 0 Å². The van der Waals surface area contributed by atoms with Crippen molar-refractivity contribution in [2.24, 2.45) is 28.2 Å². The zero-order chi connectivity index (χ0) is 119. The number of hydrogen-bond acceptors (Lipinski definition) is 8. The van der Waals surface area contributed by atoms with E-state index < -0.39 is 117 Å². The Labute approximate surface area is 788 Å². The molecular formula is C114H104N8O4+4. The van der Waals surface area contributed by atoms with E-state index in [9.17, 15) is 0 Å². The molecule has 0 spiro atoms. The summed E-state index contributed by atoms with van der Waals surface area (Å²) in [6.07, 6.45) is 3.87. The lowest BCUT2D eigenvalue weighted by Gasteiger charge is -2.28. The molecule has 0 saturated heterocycles. The predicted octanol–water partition coefficient (Wildman–Crippen LogP) is 26.4. The molecule has 12 nitrogen and oxygen atoms in total. The number of nitrogens with zero attached hydrogens (tertiary/aromatic N) is 8. The van der Waals surface area contributed by atoms with E-state index in [1.807, 2.05) is 76.2 Å². The quantitative estimate of drug-likeness (QED) is 0.151. The molecule has 1 unspecified atom stereocenters. The highest BCUT2D eigenvalue weighted by Crippen LogP contribution is 2.57. The van der Waals surface area contributed by atoms with Crippen LogP contribution in [0.25, 0.3) is 178 Å². The molecule has 620 valence electrons. The third-order valence-electron chi connectivity index (χ3n) is 25.5. The minimum absolute atomic E-state index is 0.00774. The van der Waals surface area contributed by atoms with Crippen molar-refractivity contribution in [3.8, 4) is 89.7 Å². The zero-order valence-corrected chi connectivity index (χ0v) is 69.5. The molecule has 4 aliphatic rings. The van der Waals surface area contributed by atoms with Gasteiger partial charge in [-0.3, -0.25) is 4.98 Å². The Morgan fingerprint density at radius 2 is 0.730 bits per heavy atom. The number of fused-ring (bicyclic) bond motifs is 24. The molecule has 20 aromatic rings. The van der Waals surface area contributed by atoms with Gasteiger partial charge in [0, 0.05) is 192 Å². The van der Waals surface area contributed by atoms with Gasteiger partial charge in [-0.15, -0.1) is 0 Å². The number of pyridine rings is 8. The van der Waals surface area contributed by atoms with Gasteiger partial charge in [0.2, 0.25) is 39.9 Å². The maximum atomic E-state index is 8.98. The molecular weight excluding hydrogens is 1550 g/mol. The Bertz CT molecular complexity index is 9280. The summed E-state index contributed by atoms with van der Waals surface area (Å²) in [6.45, 7) is -24.8. The van der Waals surface area contributed by atoms with Crippen molar-refractivity contribution in [1.82, 2.24) is 19.9 Å². The van der Waals surface area contributed by atoms with E-state index in [4.69, 9.17) is 79.7 Å². The normalized spacial score (nSPS) is 20.7. The van der Waals surface area contributed by atoms with E-state index in [-0.39, 0.29) is 90.0 Å². The standard InChI is InChI=1S/C30H29N2O.3C28H25N2O/c1-6-30(7-2)24-11-9-8-10-20(24)22-16-23-21-14-13-19(4)26(25-15-12-18(3)17-32(25)5)27(21)33-29(23)31-28(22)30;1-16-8-11-23(30(5)15-16)25-17(2)9-10-18-21-13-20-19-7-6-12-29-27(19)28(3,4)22(20)14-24(21)31-26(18)25;1-16-10-13-23(30(5)15-16)24-17(2)11-12-18-20-14-22-25(29-27(20)31-26(18)24)19-8-6-7-9-21(19)28(22,3)4;1-16-10-13-23(30(5)15-16)24-17(2)11-12-19-21-14-20-18-8-6-7-9-22(18)28(3,4)26(20)29-27(21)31-25(19)24/h8-17H,6-7H2,1-5H3;3*6-15H,1-5H3/q4*+1/i1D3,2D3,3D3,6D2;3*1D3,3D3,4D3. The molecule has 0 bridgehead atoms. The highest BCUT2D eigenvalue weighted by molar-refractivity contribution is 6.15. The van der Waals surface area contributed by atoms with Gasteiger partial charge in [0.05, 0.1) is 45.0 Å². The summed E-state index contributed by atoms with van der Waals surface area (Å²) in [7, 11) is 7.03. The number of benzene rings is 8. The SMILES string of the molecule is [2H]C([2H])([2H])CC1(C([2H])([2H])C([2H])([2H])[2H])c2ccccc2-c2cc3c(nc21)oc1c(-c2ccc(C([2H])([2H])[2H])c[n+]2C)c(C)ccc13.[2H]C([2H])([2H])c1ccc(-c2c(C)ccc3c2oc2cc4c(cc23)-c2cccnc2C4(C([2H])([2H])[2H])C([2H])([2H])[2H])[n+](C)c1.[2H]C([2H])([2H])c1ccc(-c2c(C)ccc3c2oc2nc4c(cc23)-c2ccccc2C4(C([2H])([2H])[2H])C([2H])([2H])[2H])[n+](C)c1.[2H]C([2H])([2H])c1ccc(-c2c(C)ccc3c2oc2nc4c(cc23)C(C([2H])([2H])[2H])(C([2H])([2H])[2H])c2ccccc2-4)[n+](C)c1. The lowest BCUT2D eigenvalue weighted by molar-refractivity contribution is -0.660. The van der Waals surface area contributed by atoms with Crippen molar-refractivity contribution >= 4 is 88.1 Å². The maximum Gasteiger partial charge on any atom is 0.227 e. The van der Waals surface area contributed by atoms with Crippen molar-refractivity contribution in [1.29, 1.82) is 0 Å². The molecule has 1 atom stereocenters. The molecule has 8 aromatic carbocycles. The van der Waals surface area contributed by atoms with Crippen LogP contribution in [-0.2, 0) is 49.9 Å². The number of furan rings is 4. The van der Waals surface area contributed by atoms with E-state index in [1.165, 1.54) is 6.20 Å². The van der Waals surface area contributed by atoms with Crippen LogP contribution in [0.15, 0.2) is 261 Å². The Balaban J connectivity index is 0.000000125. The molecule has 12 heteroatoms. The molecule has 12 aromatic heterocycles. The molecule has 0 radical (unpaired) electrons. The second-order valence-corrected chi connectivity index (χ2v) is 33.2. The van der Waals surface area contributed by atoms with Crippen LogP contribution in [0.1, 0.15) is 209 Å². The second kappa shape index (κ2) is 28.9. The van der Waals surface area contributed by atoms with Crippen molar-refractivity contribution < 1.29 is 88.0 Å². The van der Waals surface area contributed by atoms with Gasteiger partial charge in [-0.1, -0.05) is 182 Å². The van der Waals surface area contributed by atoms with Gasteiger partial charge >= 0.3 is 0 Å². The summed E-state index contributed by atoms with van der Waals surface area (Å²) in [5, 5.41) is 5.26. The molecule has 0 saturated carbocycles. The average molecular weight is 1690 g/mol. The third-order valence-corrected chi connectivity index (χ3v) is 25.5. The number of rotatable bonds is 6. The van der Waals surface area contributed by atoms with Gasteiger partial charge in [0.1, 0.15) is 39.4 Å². The fraction of sp³-hybridized carbons (Fsp3) is 0.228. The van der Waals surface area contributed by atoms with Crippen LogP contribution in [0.5, 0.6) is 0 Å². The molecule has 126 heavy (non-hydrogen) atoms. The van der Waals surface area contributed by atoms with Crippen LogP contribution in [0.4, 0.5) is 0 Å². The minimum Gasteiger partial charge on any atom is -0.455 e. The summed E-state index contributed by atoms with van der Waals surface area (Å²) in [6, 6.07) is 60.2. The van der Waals surface area contributed by atoms with E-state index in [0.717, 1.165) is 55.4 Å². The largest absolute Gasteiger partial charge is 0.455 e. The van der Waals surface area contributed by atoms with E-state index in [0.29, 0.717) is 122 Å². The highest BCUT2D eigenvalue weighted by Gasteiger charge is 2.45. The third kappa shape index (κ3) is 11.9. The Morgan fingerprint density at radius 1 is 0.325 bits per heavy atom. The van der Waals surface area contributed by atoms with E-state index >= 15 is 0 Å². The number of aromatic nitrogens is 8. The number of hydrogen-bond donors (Lipinski definition) is 0. The minimum atomic E-state index is -3.18. The molecule has 0 aliphatic heterocycles. The van der Waals surface area contributed by atoms with Gasteiger partial charge in [0.15, 0.2) is 41.5 Å². The molecule has 0 amide bonds. The first-order chi connectivity index (χ1) is 76.0. The van der Waals surface area contributed by atoms with Crippen LogP contribution < -0.4 is 18.3 Å². The lowest BCUT2D eigenvalue weighted by Crippen LogP contribution is -2.31. The van der Waals surface area contributed by atoms with Gasteiger partial charge in [-0.25, -0.2) is 33.2 Å². The van der Waals surface area contributed by atoms with Crippen LogP contribution in [0, 0.1) is 55.1 Å². The summed E-state index contributed by atoms with van der Waals surface area (Å²) >= 11 is 0. The highest BCUT2D eigenvalue weighted by atomic mass is 16.4. The van der Waals surface area contributed by atoms with Gasteiger partial charge < -0.3 is 17.7 Å². The summed E-state index contributed by atoms with van der Waals surface area (Å²) < 4.78 is 344. The first-order valence-corrected chi connectivity index (χ1v) is 40.9. The summed E-state index contributed by atoms with van der Waals surface area (Å²) in [5.41, 5.74) is 8.40. The second-order valence-electron chi connectivity index (χ2n) is 33.2. The zero-order valence-electron chi connectivity index (χ0n) is 108. The Morgan fingerprint density at radius 3 is 1.21 bits per heavy atom. The van der Waals surface area contributed by atoms with E-state index in [1.54, 1.807) is 235 Å². The topological polar surface area (TPSA) is 120 Å².